The van der Waals surface area contributed by atoms with Gasteiger partial charge >= 0.3 is 0 Å². The molecule has 3 rings (SSSR count). The maximum atomic E-state index is 12.4. The fourth-order valence-electron chi connectivity index (χ4n) is 3.38. The second kappa shape index (κ2) is 10.2. The lowest BCUT2D eigenvalue weighted by molar-refractivity contribution is -0.921. The molecule has 5 nitrogen and oxygen atoms in total. The van der Waals surface area contributed by atoms with Gasteiger partial charge in [-0.3, -0.25) is 4.79 Å². The third-order valence-electron chi connectivity index (χ3n) is 4.88. The summed E-state index contributed by atoms with van der Waals surface area (Å²) in [4.78, 5) is 14.9. The molecule has 1 aliphatic rings. The third kappa shape index (κ3) is 6.19. The Labute approximate surface area is 176 Å². The zero-order valence-electron chi connectivity index (χ0n) is 16.1. The van der Waals surface area contributed by atoms with E-state index in [0.717, 1.165) is 49.0 Å². The predicted octanol–water partition coefficient (Wildman–Crippen LogP) is 1.06. The Morgan fingerprint density at radius 3 is 2.57 bits per heavy atom. The van der Waals surface area contributed by atoms with Crippen molar-refractivity contribution in [2.45, 2.75) is 13.1 Å². The minimum atomic E-state index is -0.0257. The van der Waals surface area contributed by atoms with E-state index < -0.39 is 0 Å². The first-order chi connectivity index (χ1) is 13.5. The van der Waals surface area contributed by atoms with Crippen LogP contribution in [0.5, 0.6) is 0 Å². The molecule has 2 aromatic carbocycles. The van der Waals surface area contributed by atoms with E-state index in [-0.39, 0.29) is 5.91 Å². The molecule has 0 radical (unpaired) electrons. The van der Waals surface area contributed by atoms with Gasteiger partial charge in [0.2, 0.25) is 0 Å². The lowest BCUT2D eigenvalue weighted by atomic mass is 10.2. The van der Waals surface area contributed by atoms with Crippen molar-refractivity contribution in [1.29, 1.82) is 0 Å². The summed E-state index contributed by atoms with van der Waals surface area (Å²) in [6, 6.07) is 13.7. The van der Waals surface area contributed by atoms with E-state index in [1.54, 1.807) is 6.07 Å². The van der Waals surface area contributed by atoms with Crippen LogP contribution in [0.2, 0.25) is 10.0 Å². The highest BCUT2D eigenvalue weighted by Gasteiger charge is 2.15. The first-order valence-corrected chi connectivity index (χ1v) is 10.3. The van der Waals surface area contributed by atoms with E-state index >= 15 is 0 Å². The van der Waals surface area contributed by atoms with Gasteiger partial charge in [0.25, 0.3) is 5.91 Å². The van der Waals surface area contributed by atoms with Crippen LogP contribution in [0, 0.1) is 0 Å². The van der Waals surface area contributed by atoms with Gasteiger partial charge in [-0.15, -0.1) is 0 Å². The average Bonchev–Trinajstić information content (AvgIpc) is 2.68. The second-order valence-electron chi connectivity index (χ2n) is 7.31. The molecule has 1 saturated heterocycles. The molecule has 7 heteroatoms. The van der Waals surface area contributed by atoms with Gasteiger partial charge in [-0.2, -0.15) is 0 Å². The highest BCUT2D eigenvalue weighted by Crippen LogP contribution is 2.24. The molecular weight excluding hydrogens is 397 g/mol. The van der Waals surface area contributed by atoms with Crippen LogP contribution >= 0.6 is 23.2 Å². The molecule has 0 spiro atoms. The summed E-state index contributed by atoms with van der Waals surface area (Å²) in [5, 5.41) is 4.06. The third-order valence-corrected chi connectivity index (χ3v) is 5.74. The summed E-state index contributed by atoms with van der Waals surface area (Å²) < 4.78 is 5.40. The summed E-state index contributed by atoms with van der Waals surface area (Å²) in [6.45, 7) is 5.73. The van der Waals surface area contributed by atoms with Gasteiger partial charge in [0, 0.05) is 16.8 Å². The maximum Gasteiger partial charge on any atom is 0.279 e. The fraction of sp³-hybridized carbons (Fsp3) is 0.381. The summed E-state index contributed by atoms with van der Waals surface area (Å²) >= 11 is 12.3. The first-order valence-electron chi connectivity index (χ1n) is 9.55. The number of carbonyl (C=O) groups is 1. The Morgan fingerprint density at radius 1 is 1.14 bits per heavy atom. The molecule has 0 saturated carbocycles. The lowest BCUT2D eigenvalue weighted by Gasteiger charge is -2.23. The number of anilines is 1. The van der Waals surface area contributed by atoms with Gasteiger partial charge in [-0.25, -0.2) is 0 Å². The van der Waals surface area contributed by atoms with E-state index in [9.17, 15) is 4.79 Å². The van der Waals surface area contributed by atoms with Crippen LogP contribution in [0.25, 0.3) is 0 Å². The molecule has 1 fully saturated rings. The smallest absolute Gasteiger partial charge is 0.279 e. The van der Waals surface area contributed by atoms with Crippen LogP contribution < -0.4 is 15.1 Å². The molecule has 1 unspecified atom stereocenters. The van der Waals surface area contributed by atoms with Gasteiger partial charge in [0.05, 0.1) is 30.3 Å². The second-order valence-corrected chi connectivity index (χ2v) is 8.09. The monoisotopic (exact) mass is 423 g/mol. The number of amides is 1. The minimum Gasteiger partial charge on any atom is -0.370 e. The summed E-state index contributed by atoms with van der Waals surface area (Å²) in [5.41, 5.74) is 3.03. The number of ether oxygens (including phenoxy) is 1. The summed E-state index contributed by atoms with van der Waals surface area (Å²) in [6.07, 6.45) is 0. The molecule has 1 heterocycles. The maximum absolute atomic E-state index is 12.4. The van der Waals surface area contributed by atoms with E-state index in [1.165, 1.54) is 10.5 Å². The molecule has 1 amide bonds. The number of nitrogens with one attached hydrogen (secondary N) is 3. The fourth-order valence-corrected chi connectivity index (χ4v) is 3.77. The van der Waals surface area contributed by atoms with E-state index in [1.807, 2.05) is 31.3 Å². The van der Waals surface area contributed by atoms with Crippen molar-refractivity contribution < 1.29 is 19.3 Å². The number of morpholine rings is 1. The van der Waals surface area contributed by atoms with Crippen molar-refractivity contribution in [3.05, 3.63) is 63.6 Å². The molecule has 28 heavy (non-hydrogen) atoms. The van der Waals surface area contributed by atoms with E-state index in [2.05, 4.69) is 17.4 Å². The summed E-state index contributed by atoms with van der Waals surface area (Å²) in [5.74, 6) is -0.0257. The van der Waals surface area contributed by atoms with E-state index in [0.29, 0.717) is 23.1 Å². The van der Waals surface area contributed by atoms with Crippen LogP contribution in [0.3, 0.4) is 0 Å². The molecule has 3 N–H and O–H groups in total. The van der Waals surface area contributed by atoms with Crippen LogP contribution in [0.15, 0.2) is 42.5 Å². The number of quaternary nitrogens is 2. The Bertz CT molecular complexity index is 793. The van der Waals surface area contributed by atoms with Crippen molar-refractivity contribution in [3.8, 4) is 0 Å². The number of carbonyl (C=O) groups excluding carboxylic acids is 1. The summed E-state index contributed by atoms with van der Waals surface area (Å²) in [7, 11) is 1.96. The number of hydrogen-bond acceptors (Lipinski definition) is 2. The van der Waals surface area contributed by atoms with Crippen molar-refractivity contribution >= 4 is 34.8 Å². The van der Waals surface area contributed by atoms with Gasteiger partial charge in [-0.1, -0.05) is 47.5 Å². The zero-order chi connectivity index (χ0) is 19.9. The van der Waals surface area contributed by atoms with Crippen LogP contribution in [-0.4, -0.2) is 45.8 Å². The molecule has 1 atom stereocenters. The molecule has 0 bridgehead atoms. The number of hydrogen-bond donors (Lipinski definition) is 3. The van der Waals surface area contributed by atoms with Gasteiger partial charge in [-0.05, 0) is 18.2 Å². The normalized spacial score (nSPS) is 16.0. The van der Waals surface area contributed by atoms with Crippen molar-refractivity contribution in [1.82, 2.24) is 0 Å². The number of benzene rings is 2. The Kier molecular flexibility index (Phi) is 7.71. The largest absolute Gasteiger partial charge is 0.370 e. The molecular formula is C21H27Cl2N3O2+2. The standard InChI is InChI=1S/C21H25Cl2N3O2/c1-25(14-17-3-2-4-19(22)21(17)23)15-20(27)24-18-7-5-16(6-8-18)13-26-9-11-28-12-10-26/h2-8H,9-15H2,1H3,(H,24,27)/p+2. The Balaban J connectivity index is 1.48. The molecule has 0 aliphatic carbocycles. The SMILES string of the molecule is C[NH+](CC(=O)Nc1ccc(C[NH+]2CCOCC2)cc1)Cc1cccc(Cl)c1Cl. The number of halogens is 2. The quantitative estimate of drug-likeness (QED) is 0.623. The van der Waals surface area contributed by atoms with Crippen LogP contribution in [-0.2, 0) is 22.6 Å². The van der Waals surface area contributed by atoms with Crippen molar-refractivity contribution in [2.75, 3.05) is 45.2 Å². The Morgan fingerprint density at radius 2 is 1.86 bits per heavy atom. The molecule has 1 aliphatic heterocycles. The van der Waals surface area contributed by atoms with Crippen molar-refractivity contribution in [3.63, 3.8) is 0 Å². The highest BCUT2D eigenvalue weighted by molar-refractivity contribution is 6.42. The molecule has 0 aromatic heterocycles. The van der Waals surface area contributed by atoms with Gasteiger partial charge in [0.1, 0.15) is 26.2 Å². The van der Waals surface area contributed by atoms with Crippen LogP contribution in [0.4, 0.5) is 5.69 Å². The van der Waals surface area contributed by atoms with Crippen LogP contribution in [0.1, 0.15) is 11.1 Å². The van der Waals surface area contributed by atoms with E-state index in [4.69, 9.17) is 27.9 Å². The first kappa shape index (κ1) is 21.1. The average molecular weight is 424 g/mol. The molecule has 150 valence electrons. The lowest BCUT2D eigenvalue weighted by Crippen LogP contribution is -3.12. The van der Waals surface area contributed by atoms with Gasteiger partial charge < -0.3 is 19.9 Å². The Hall–Kier alpha value is -1.63. The minimum absolute atomic E-state index is 0.0257. The highest BCUT2D eigenvalue weighted by atomic mass is 35.5. The topological polar surface area (TPSA) is 47.2 Å². The number of rotatable bonds is 7. The van der Waals surface area contributed by atoms with Crippen molar-refractivity contribution in [2.24, 2.45) is 0 Å². The zero-order valence-corrected chi connectivity index (χ0v) is 17.6. The predicted molar refractivity (Wildman–Crippen MR) is 112 cm³/mol. The molecule has 2 aromatic rings. The number of likely N-dealkylation sites (N-methyl/N-ethyl adjacent to an activating group) is 1. The van der Waals surface area contributed by atoms with Gasteiger partial charge in [0.15, 0.2) is 6.54 Å².